The van der Waals surface area contributed by atoms with E-state index in [1.807, 2.05) is 18.2 Å². The molecule has 1 aromatic rings. The number of hydrogen-bond acceptors (Lipinski definition) is 3. The van der Waals surface area contributed by atoms with Crippen LogP contribution in [0.4, 0.5) is 0 Å². The molecule has 1 amide bonds. The lowest BCUT2D eigenvalue weighted by molar-refractivity contribution is 0.0963. The Balaban J connectivity index is 1.91. The van der Waals surface area contributed by atoms with Crippen LogP contribution in [0.5, 0.6) is 0 Å². The Bertz CT molecular complexity index is 652. The zero-order valence-corrected chi connectivity index (χ0v) is 18.6. The average molecular weight is 402 g/mol. The summed E-state index contributed by atoms with van der Waals surface area (Å²) in [6, 6.07) is 8.32. The standard InChI is InChI=1S/C23H39N5O/c1-5-25-23(27-17-21(15-18(2)3)28-13-6-7-14-28)26-12-11-19-9-8-10-20(16-19)22(29)24-4/h8-10,16,18,21H,5-7,11-15,17H2,1-4H3,(H,24,29)(H2,25,26,27). The molecule has 0 bridgehead atoms. The van der Waals surface area contributed by atoms with Crippen LogP contribution < -0.4 is 16.0 Å². The molecule has 6 nitrogen and oxygen atoms in total. The summed E-state index contributed by atoms with van der Waals surface area (Å²) < 4.78 is 0. The van der Waals surface area contributed by atoms with Crippen molar-refractivity contribution in [3.63, 3.8) is 0 Å². The highest BCUT2D eigenvalue weighted by molar-refractivity contribution is 5.94. The van der Waals surface area contributed by atoms with E-state index in [-0.39, 0.29) is 5.91 Å². The molecule has 0 aliphatic carbocycles. The van der Waals surface area contributed by atoms with Crippen LogP contribution in [0.15, 0.2) is 29.3 Å². The lowest BCUT2D eigenvalue weighted by Gasteiger charge is -2.28. The molecule has 0 aromatic heterocycles. The third-order valence-corrected chi connectivity index (χ3v) is 5.33. The lowest BCUT2D eigenvalue weighted by Crippen LogP contribution is -2.41. The number of aliphatic imine (C=N–C) groups is 1. The summed E-state index contributed by atoms with van der Waals surface area (Å²) in [5.41, 5.74) is 1.84. The Hall–Kier alpha value is -2.08. The quantitative estimate of drug-likeness (QED) is 0.416. The van der Waals surface area contributed by atoms with Gasteiger partial charge in [0.2, 0.25) is 0 Å². The summed E-state index contributed by atoms with van der Waals surface area (Å²) in [5.74, 6) is 1.51. The van der Waals surface area contributed by atoms with Gasteiger partial charge in [-0.05, 0) is 69.3 Å². The van der Waals surface area contributed by atoms with Gasteiger partial charge in [-0.3, -0.25) is 14.7 Å². The van der Waals surface area contributed by atoms with Gasteiger partial charge in [-0.25, -0.2) is 0 Å². The Morgan fingerprint density at radius 1 is 1.21 bits per heavy atom. The van der Waals surface area contributed by atoms with Gasteiger partial charge in [-0.2, -0.15) is 0 Å². The monoisotopic (exact) mass is 401 g/mol. The molecular formula is C23H39N5O. The Morgan fingerprint density at radius 3 is 2.62 bits per heavy atom. The summed E-state index contributed by atoms with van der Waals surface area (Å²) >= 11 is 0. The normalized spacial score (nSPS) is 16.1. The molecule has 0 spiro atoms. The molecule has 0 radical (unpaired) electrons. The minimum atomic E-state index is -0.0483. The fourth-order valence-corrected chi connectivity index (χ4v) is 3.87. The van der Waals surface area contributed by atoms with Gasteiger partial charge in [0.15, 0.2) is 5.96 Å². The topological polar surface area (TPSA) is 68.8 Å². The van der Waals surface area contributed by atoms with Crippen molar-refractivity contribution in [1.29, 1.82) is 0 Å². The maximum Gasteiger partial charge on any atom is 0.251 e. The maximum atomic E-state index is 11.8. The van der Waals surface area contributed by atoms with Crippen LogP contribution in [-0.4, -0.2) is 62.6 Å². The first-order valence-corrected chi connectivity index (χ1v) is 11.1. The molecule has 2 rings (SSSR count). The van der Waals surface area contributed by atoms with Crippen molar-refractivity contribution in [3.8, 4) is 0 Å². The number of benzene rings is 1. The number of guanidine groups is 1. The van der Waals surface area contributed by atoms with E-state index in [4.69, 9.17) is 4.99 Å². The molecule has 1 aliphatic heterocycles. The number of carbonyl (C=O) groups is 1. The van der Waals surface area contributed by atoms with Crippen LogP contribution in [0.3, 0.4) is 0 Å². The number of nitrogens with one attached hydrogen (secondary N) is 3. The molecule has 1 saturated heterocycles. The van der Waals surface area contributed by atoms with Crippen molar-refractivity contribution >= 4 is 11.9 Å². The SMILES string of the molecule is CCNC(=NCC(CC(C)C)N1CCCC1)NCCc1cccc(C(=O)NC)c1. The minimum absolute atomic E-state index is 0.0483. The summed E-state index contributed by atoms with van der Waals surface area (Å²) in [7, 11) is 1.66. The second-order valence-electron chi connectivity index (χ2n) is 8.20. The van der Waals surface area contributed by atoms with E-state index >= 15 is 0 Å². The number of carbonyl (C=O) groups excluding carboxylic acids is 1. The average Bonchev–Trinajstić information content (AvgIpc) is 3.25. The van der Waals surface area contributed by atoms with Crippen LogP contribution in [0.25, 0.3) is 0 Å². The lowest BCUT2D eigenvalue weighted by atomic mass is 10.0. The van der Waals surface area contributed by atoms with Crippen LogP contribution in [0.2, 0.25) is 0 Å². The highest BCUT2D eigenvalue weighted by Crippen LogP contribution is 2.18. The van der Waals surface area contributed by atoms with Crippen molar-refractivity contribution < 1.29 is 4.79 Å². The van der Waals surface area contributed by atoms with Crippen molar-refractivity contribution in [1.82, 2.24) is 20.9 Å². The molecule has 3 N–H and O–H groups in total. The third kappa shape index (κ3) is 8.05. The van der Waals surface area contributed by atoms with Gasteiger partial charge in [0.25, 0.3) is 5.91 Å². The summed E-state index contributed by atoms with van der Waals surface area (Å²) in [6.45, 7) is 11.6. The molecule has 1 fully saturated rings. The zero-order chi connectivity index (χ0) is 21.1. The van der Waals surface area contributed by atoms with Gasteiger partial charge in [-0.1, -0.05) is 26.0 Å². The highest BCUT2D eigenvalue weighted by Gasteiger charge is 2.22. The largest absolute Gasteiger partial charge is 0.357 e. The van der Waals surface area contributed by atoms with Gasteiger partial charge in [0.1, 0.15) is 0 Å². The zero-order valence-electron chi connectivity index (χ0n) is 18.6. The number of likely N-dealkylation sites (tertiary alicyclic amines) is 1. The van der Waals surface area contributed by atoms with Crippen molar-refractivity contribution in [2.75, 3.05) is 39.8 Å². The van der Waals surface area contributed by atoms with E-state index in [1.165, 1.54) is 32.4 Å². The van der Waals surface area contributed by atoms with Crippen LogP contribution in [0, 0.1) is 5.92 Å². The molecule has 162 valence electrons. The van der Waals surface area contributed by atoms with E-state index in [1.54, 1.807) is 7.05 Å². The summed E-state index contributed by atoms with van der Waals surface area (Å²) in [6.07, 6.45) is 4.66. The Kier molecular flexibility index (Phi) is 9.98. The molecule has 1 heterocycles. The van der Waals surface area contributed by atoms with E-state index in [0.717, 1.165) is 37.6 Å². The Labute approximate surface area is 176 Å². The molecule has 1 aromatic carbocycles. The molecule has 29 heavy (non-hydrogen) atoms. The second-order valence-corrected chi connectivity index (χ2v) is 8.20. The number of amides is 1. The molecule has 1 aliphatic rings. The summed E-state index contributed by atoms with van der Waals surface area (Å²) in [5, 5.41) is 9.49. The van der Waals surface area contributed by atoms with E-state index in [0.29, 0.717) is 17.5 Å². The first kappa shape index (κ1) is 23.2. The predicted molar refractivity (Wildman–Crippen MR) is 122 cm³/mol. The van der Waals surface area contributed by atoms with Gasteiger partial charge in [0, 0.05) is 31.7 Å². The first-order chi connectivity index (χ1) is 14.0. The number of hydrogen-bond donors (Lipinski definition) is 3. The predicted octanol–water partition coefficient (Wildman–Crippen LogP) is 2.65. The molecular weight excluding hydrogens is 362 g/mol. The highest BCUT2D eigenvalue weighted by atomic mass is 16.1. The van der Waals surface area contributed by atoms with E-state index in [9.17, 15) is 4.79 Å². The third-order valence-electron chi connectivity index (χ3n) is 5.33. The van der Waals surface area contributed by atoms with Crippen molar-refractivity contribution in [2.45, 2.75) is 52.5 Å². The van der Waals surface area contributed by atoms with Gasteiger partial charge >= 0.3 is 0 Å². The molecule has 0 saturated carbocycles. The first-order valence-electron chi connectivity index (χ1n) is 11.1. The second kappa shape index (κ2) is 12.5. The number of rotatable bonds is 10. The minimum Gasteiger partial charge on any atom is -0.357 e. The smallest absolute Gasteiger partial charge is 0.251 e. The van der Waals surface area contributed by atoms with E-state index in [2.05, 4.69) is 47.7 Å². The summed E-state index contributed by atoms with van der Waals surface area (Å²) in [4.78, 5) is 19.3. The molecule has 1 unspecified atom stereocenters. The van der Waals surface area contributed by atoms with Crippen LogP contribution in [-0.2, 0) is 6.42 Å². The van der Waals surface area contributed by atoms with Gasteiger partial charge in [-0.15, -0.1) is 0 Å². The van der Waals surface area contributed by atoms with Crippen LogP contribution >= 0.6 is 0 Å². The van der Waals surface area contributed by atoms with Crippen LogP contribution in [0.1, 0.15) is 56.0 Å². The Morgan fingerprint density at radius 2 is 1.97 bits per heavy atom. The van der Waals surface area contributed by atoms with E-state index < -0.39 is 0 Å². The van der Waals surface area contributed by atoms with Gasteiger partial charge in [0.05, 0.1) is 6.54 Å². The molecule has 1 atom stereocenters. The number of nitrogens with zero attached hydrogens (tertiary/aromatic N) is 2. The van der Waals surface area contributed by atoms with Crippen molar-refractivity contribution in [3.05, 3.63) is 35.4 Å². The molecule has 6 heteroatoms. The fraction of sp³-hybridized carbons (Fsp3) is 0.652. The van der Waals surface area contributed by atoms with Gasteiger partial charge < -0.3 is 16.0 Å². The fourth-order valence-electron chi connectivity index (χ4n) is 3.87. The maximum absolute atomic E-state index is 11.8. The van der Waals surface area contributed by atoms with Crippen molar-refractivity contribution in [2.24, 2.45) is 10.9 Å².